The van der Waals surface area contributed by atoms with Gasteiger partial charge in [-0.3, -0.25) is 4.79 Å². The van der Waals surface area contributed by atoms with Crippen LogP contribution in [0.3, 0.4) is 0 Å². The molecule has 0 unspecified atom stereocenters. The molecule has 1 aliphatic rings. The summed E-state index contributed by atoms with van der Waals surface area (Å²) in [4.78, 5) is 25.1. The molecule has 29 heavy (non-hydrogen) atoms. The fourth-order valence-electron chi connectivity index (χ4n) is 3.49. The van der Waals surface area contributed by atoms with E-state index in [0.29, 0.717) is 5.56 Å². The second-order valence-electron chi connectivity index (χ2n) is 7.37. The summed E-state index contributed by atoms with van der Waals surface area (Å²) in [5, 5.41) is 14.4. The lowest BCUT2D eigenvalue weighted by Gasteiger charge is -2.45. The molecular formula is C21H21F3N2O3. The normalized spacial score (nSPS) is 24.7. The summed E-state index contributed by atoms with van der Waals surface area (Å²) in [5.41, 5.74) is -2.47. The highest BCUT2D eigenvalue weighted by Crippen LogP contribution is 2.44. The number of aliphatic hydroxyl groups is 1. The second kappa shape index (κ2) is 7.51. The third-order valence-electron chi connectivity index (χ3n) is 5.11. The molecule has 1 heterocycles. The number of urea groups is 1. The van der Waals surface area contributed by atoms with E-state index in [1.807, 2.05) is 13.8 Å². The van der Waals surface area contributed by atoms with Crippen LogP contribution in [0.2, 0.25) is 0 Å². The largest absolute Gasteiger partial charge is 0.437 e. The lowest BCUT2D eigenvalue weighted by atomic mass is 9.77. The van der Waals surface area contributed by atoms with Crippen molar-refractivity contribution in [3.8, 4) is 0 Å². The number of ketones is 1. The van der Waals surface area contributed by atoms with Crippen molar-refractivity contribution in [2.45, 2.75) is 37.7 Å². The van der Waals surface area contributed by atoms with Crippen LogP contribution in [0.15, 0.2) is 54.6 Å². The number of rotatable bonds is 4. The molecular weight excluding hydrogens is 385 g/mol. The minimum absolute atomic E-state index is 0.00178. The SMILES string of the molecule is CC(C)c1ccc([C@@H]2NC(=O)N[C@@](O)(C(F)(F)F)[C@H]2C(=O)c2ccccc2)cc1. The quantitative estimate of drug-likeness (QED) is 0.674. The van der Waals surface area contributed by atoms with E-state index in [9.17, 15) is 27.9 Å². The smallest absolute Gasteiger partial charge is 0.363 e. The van der Waals surface area contributed by atoms with E-state index in [4.69, 9.17) is 0 Å². The Kier molecular flexibility index (Phi) is 5.40. The van der Waals surface area contributed by atoms with Gasteiger partial charge in [0.25, 0.3) is 0 Å². The first-order valence-electron chi connectivity index (χ1n) is 9.11. The molecule has 154 valence electrons. The minimum atomic E-state index is -5.27. The summed E-state index contributed by atoms with van der Waals surface area (Å²) in [5.74, 6) is -2.76. The molecule has 5 nitrogen and oxygen atoms in total. The molecule has 1 saturated heterocycles. The lowest BCUT2D eigenvalue weighted by molar-refractivity contribution is -0.287. The van der Waals surface area contributed by atoms with Crippen molar-refractivity contribution in [2.75, 3.05) is 0 Å². The van der Waals surface area contributed by atoms with Gasteiger partial charge in [-0.25, -0.2) is 4.79 Å². The van der Waals surface area contributed by atoms with Gasteiger partial charge >= 0.3 is 12.2 Å². The van der Waals surface area contributed by atoms with Crippen LogP contribution < -0.4 is 10.6 Å². The molecule has 2 aromatic carbocycles. The number of amides is 2. The lowest BCUT2D eigenvalue weighted by Crippen LogP contribution is -2.72. The highest BCUT2D eigenvalue weighted by molar-refractivity contribution is 6.00. The summed E-state index contributed by atoms with van der Waals surface area (Å²) >= 11 is 0. The maximum atomic E-state index is 13.8. The fraction of sp³-hybridized carbons (Fsp3) is 0.333. The van der Waals surface area contributed by atoms with Gasteiger partial charge < -0.3 is 15.7 Å². The number of halogens is 3. The Bertz CT molecular complexity index is 898. The van der Waals surface area contributed by atoms with Gasteiger partial charge in [-0.15, -0.1) is 0 Å². The number of nitrogens with one attached hydrogen (secondary N) is 2. The average molecular weight is 406 g/mol. The molecule has 3 rings (SSSR count). The Morgan fingerprint density at radius 2 is 1.66 bits per heavy atom. The molecule has 0 saturated carbocycles. The number of carbonyl (C=O) groups excluding carboxylic acids is 2. The second-order valence-corrected chi connectivity index (χ2v) is 7.37. The van der Waals surface area contributed by atoms with Gasteiger partial charge in [0.05, 0.1) is 6.04 Å². The standard InChI is InChI=1S/C21H21F3N2O3/c1-12(2)13-8-10-14(11-9-13)17-16(18(27)15-6-4-3-5-7-15)20(29,21(22,23)24)26-19(28)25-17/h3-12,16-17,29H,1-2H3,(H2,25,26,28)/t16-,17+,20+/m1/s1. The zero-order chi connectivity index (χ0) is 21.4. The molecule has 0 spiro atoms. The Labute approximate surface area is 165 Å². The minimum Gasteiger partial charge on any atom is -0.363 e. The van der Waals surface area contributed by atoms with E-state index >= 15 is 0 Å². The topological polar surface area (TPSA) is 78.4 Å². The Balaban J connectivity index is 2.13. The Hall–Kier alpha value is -2.87. The van der Waals surface area contributed by atoms with E-state index in [1.54, 1.807) is 30.3 Å². The number of benzene rings is 2. The predicted octanol–water partition coefficient (Wildman–Crippen LogP) is 3.91. The summed E-state index contributed by atoms with van der Waals surface area (Å²) in [6, 6.07) is 11.4. The maximum absolute atomic E-state index is 13.8. The molecule has 8 heteroatoms. The molecule has 0 aromatic heterocycles. The van der Waals surface area contributed by atoms with Crippen molar-refractivity contribution in [1.29, 1.82) is 0 Å². The molecule has 1 fully saturated rings. The van der Waals surface area contributed by atoms with Gasteiger partial charge in [0.1, 0.15) is 5.92 Å². The van der Waals surface area contributed by atoms with Gasteiger partial charge in [0.15, 0.2) is 5.78 Å². The first-order chi connectivity index (χ1) is 13.5. The van der Waals surface area contributed by atoms with E-state index in [2.05, 4.69) is 5.32 Å². The van der Waals surface area contributed by atoms with Crippen LogP contribution in [0.5, 0.6) is 0 Å². The van der Waals surface area contributed by atoms with Gasteiger partial charge in [-0.2, -0.15) is 13.2 Å². The Morgan fingerprint density at radius 3 is 2.17 bits per heavy atom. The van der Waals surface area contributed by atoms with Crippen molar-refractivity contribution >= 4 is 11.8 Å². The van der Waals surface area contributed by atoms with E-state index in [-0.39, 0.29) is 11.5 Å². The van der Waals surface area contributed by atoms with E-state index in [1.165, 1.54) is 29.6 Å². The van der Waals surface area contributed by atoms with Crippen LogP contribution in [-0.2, 0) is 0 Å². The molecule has 0 bridgehead atoms. The molecule has 2 amide bonds. The van der Waals surface area contributed by atoms with Crippen LogP contribution in [-0.4, -0.2) is 28.8 Å². The maximum Gasteiger partial charge on any atom is 0.437 e. The van der Waals surface area contributed by atoms with Gasteiger partial charge in [0.2, 0.25) is 5.72 Å². The van der Waals surface area contributed by atoms with Crippen LogP contribution in [0, 0.1) is 5.92 Å². The van der Waals surface area contributed by atoms with E-state index in [0.717, 1.165) is 5.56 Å². The number of hydrogen-bond donors (Lipinski definition) is 3. The highest BCUT2D eigenvalue weighted by Gasteiger charge is 2.66. The predicted molar refractivity (Wildman–Crippen MR) is 100 cm³/mol. The number of Topliss-reactive ketones (excluding diaryl/α,β-unsaturated/α-hetero) is 1. The molecule has 0 aliphatic carbocycles. The van der Waals surface area contributed by atoms with Crippen LogP contribution >= 0.6 is 0 Å². The summed E-state index contributed by atoms with van der Waals surface area (Å²) < 4.78 is 41.5. The van der Waals surface area contributed by atoms with Crippen LogP contribution in [0.4, 0.5) is 18.0 Å². The van der Waals surface area contributed by atoms with Gasteiger partial charge in [0, 0.05) is 5.56 Å². The molecule has 2 aromatic rings. The number of carbonyl (C=O) groups is 2. The summed E-state index contributed by atoms with van der Waals surface area (Å²) in [6.07, 6.45) is -5.27. The summed E-state index contributed by atoms with van der Waals surface area (Å²) in [7, 11) is 0. The van der Waals surface area contributed by atoms with Crippen molar-refractivity contribution in [2.24, 2.45) is 5.92 Å². The zero-order valence-electron chi connectivity index (χ0n) is 15.8. The first-order valence-corrected chi connectivity index (χ1v) is 9.11. The monoisotopic (exact) mass is 406 g/mol. The summed E-state index contributed by atoms with van der Waals surface area (Å²) in [6.45, 7) is 3.93. The zero-order valence-corrected chi connectivity index (χ0v) is 15.8. The van der Waals surface area contributed by atoms with Crippen molar-refractivity contribution in [3.63, 3.8) is 0 Å². The molecule has 3 N–H and O–H groups in total. The molecule has 1 aliphatic heterocycles. The van der Waals surface area contributed by atoms with Gasteiger partial charge in [-0.1, -0.05) is 68.4 Å². The number of hydrogen-bond acceptors (Lipinski definition) is 3. The van der Waals surface area contributed by atoms with Crippen molar-refractivity contribution in [1.82, 2.24) is 10.6 Å². The average Bonchev–Trinajstić information content (AvgIpc) is 2.67. The third kappa shape index (κ3) is 3.85. The fourth-order valence-corrected chi connectivity index (χ4v) is 3.49. The molecule has 0 radical (unpaired) electrons. The van der Waals surface area contributed by atoms with Crippen molar-refractivity contribution < 1.29 is 27.9 Å². The van der Waals surface area contributed by atoms with E-state index < -0.39 is 35.7 Å². The number of alkyl halides is 3. The van der Waals surface area contributed by atoms with Crippen molar-refractivity contribution in [3.05, 3.63) is 71.3 Å². The van der Waals surface area contributed by atoms with Gasteiger partial charge in [-0.05, 0) is 17.0 Å². The van der Waals surface area contributed by atoms with Crippen LogP contribution in [0.1, 0.15) is 47.3 Å². The molecule has 3 atom stereocenters. The Morgan fingerprint density at radius 1 is 1.07 bits per heavy atom. The van der Waals surface area contributed by atoms with Crippen LogP contribution in [0.25, 0.3) is 0 Å². The first kappa shape index (κ1) is 20.9. The highest BCUT2D eigenvalue weighted by atomic mass is 19.4. The third-order valence-corrected chi connectivity index (χ3v) is 5.11.